The molecule has 0 radical (unpaired) electrons. The normalized spacial score (nSPS) is 16.6. The molecule has 1 aliphatic carbocycles. The second-order valence-electron chi connectivity index (χ2n) is 6.05. The van der Waals surface area contributed by atoms with Crippen LogP contribution >= 0.6 is 24.8 Å². The topological polar surface area (TPSA) is 23.8 Å². The first-order chi connectivity index (χ1) is 7.86. The van der Waals surface area contributed by atoms with Gasteiger partial charge in [0.2, 0.25) is 0 Å². The second kappa shape index (κ2) is 13.8. The largest absolute Gasteiger partial charge is 0.147 e. The van der Waals surface area contributed by atoms with Gasteiger partial charge >= 0.3 is 41.9 Å². The zero-order chi connectivity index (χ0) is 15.1. The smallest absolute Gasteiger partial charge is 0.147 e. The Bertz CT molecular complexity index is 334. The molecule has 0 amide bonds. The van der Waals surface area contributed by atoms with Gasteiger partial charge in [-0.2, -0.15) is 11.1 Å². The first kappa shape index (κ1) is 29.2. The van der Waals surface area contributed by atoms with Crippen LogP contribution < -0.4 is 0 Å². The number of rotatable bonds is 0. The summed E-state index contributed by atoms with van der Waals surface area (Å²) in [4.78, 5) is 0. The van der Waals surface area contributed by atoms with Crippen LogP contribution in [0, 0.1) is 12.0 Å². The third kappa shape index (κ3) is 21.4. The van der Waals surface area contributed by atoms with Crippen molar-refractivity contribution in [3.8, 4) is 0 Å². The Morgan fingerprint density at radius 3 is 1.40 bits per heavy atom. The van der Waals surface area contributed by atoms with Crippen LogP contribution in [-0.4, -0.2) is 11.0 Å². The first-order valence-corrected chi connectivity index (χ1v) is 12.6. The molecule has 0 saturated heterocycles. The van der Waals surface area contributed by atoms with E-state index in [9.17, 15) is 0 Å². The Balaban J connectivity index is -0.000000102. The first-order valence-electron chi connectivity index (χ1n) is 6.40. The third-order valence-electron chi connectivity index (χ3n) is 2.24. The van der Waals surface area contributed by atoms with Crippen molar-refractivity contribution in [1.29, 1.82) is 0 Å². The van der Waals surface area contributed by atoms with E-state index in [1.807, 2.05) is 20.8 Å². The van der Waals surface area contributed by atoms with Crippen molar-refractivity contribution < 1.29 is 23.3 Å². The van der Waals surface area contributed by atoms with Crippen LogP contribution in [0.15, 0.2) is 16.7 Å². The number of hydrogen-bond acceptors (Lipinski definition) is 0. The van der Waals surface area contributed by atoms with Gasteiger partial charge in [-0.3, -0.25) is 6.08 Å². The van der Waals surface area contributed by atoms with Crippen molar-refractivity contribution in [3.63, 3.8) is 0 Å². The minimum absolute atomic E-state index is 0. The molecule has 0 heterocycles. The number of hydrogen-bond donors (Lipinski definition) is 0. The minimum Gasteiger partial charge on any atom is -0.147 e. The van der Waals surface area contributed by atoms with E-state index < -0.39 is 0 Å². The maximum absolute atomic E-state index is 6.94. The summed E-state index contributed by atoms with van der Waals surface area (Å²) in [5.74, 6) is 0.560. The van der Waals surface area contributed by atoms with Crippen molar-refractivity contribution in [2.75, 3.05) is 0 Å². The molecule has 1 rings (SSSR count). The van der Waals surface area contributed by atoms with Gasteiger partial charge in [0.25, 0.3) is 0 Å². The van der Waals surface area contributed by atoms with E-state index >= 15 is 0 Å². The van der Waals surface area contributed by atoms with Crippen LogP contribution in [0.5, 0.6) is 0 Å². The van der Waals surface area contributed by atoms with Crippen LogP contribution in [0.3, 0.4) is 0 Å². The van der Waals surface area contributed by atoms with Gasteiger partial charge in [-0.15, -0.1) is 37.3 Å². The van der Waals surface area contributed by atoms with E-state index in [-0.39, 0.29) is 35.8 Å². The molecule has 1 atom stereocenters. The van der Waals surface area contributed by atoms with Gasteiger partial charge in [0.1, 0.15) is 0 Å². The number of halogens is 2. The van der Waals surface area contributed by atoms with E-state index in [0.29, 0.717) is 5.92 Å². The molecule has 0 aromatic heterocycles. The minimum atomic E-state index is -0.250. The van der Waals surface area contributed by atoms with E-state index in [0.717, 1.165) is 0 Å². The van der Waals surface area contributed by atoms with E-state index in [2.05, 4.69) is 46.9 Å². The SMILES string of the molecule is CC(C)(C)[NH-].CC1=[C-]C(C)C(C)=C1C.C[Si](C)=[Zr+2].Cl.Cl. The molecule has 0 aliphatic heterocycles. The maximum atomic E-state index is 6.94. The van der Waals surface area contributed by atoms with E-state index in [4.69, 9.17) is 5.73 Å². The Morgan fingerprint density at radius 2 is 1.35 bits per heavy atom. The fourth-order valence-corrected chi connectivity index (χ4v) is 1.16. The van der Waals surface area contributed by atoms with Gasteiger partial charge in [0.15, 0.2) is 0 Å². The van der Waals surface area contributed by atoms with Gasteiger partial charge in [0, 0.05) is 0 Å². The molecule has 0 bridgehead atoms. The summed E-state index contributed by atoms with van der Waals surface area (Å²) < 4.78 is 0. The van der Waals surface area contributed by atoms with Crippen molar-refractivity contribution in [3.05, 3.63) is 28.5 Å². The molecule has 1 unspecified atom stereocenters. The quantitative estimate of drug-likeness (QED) is 0.333. The molecule has 0 aromatic rings. The van der Waals surface area contributed by atoms with Gasteiger partial charge in [0.05, 0.1) is 0 Å². The molecular formula is C15H31Cl2NSiZr. The molecule has 20 heavy (non-hydrogen) atoms. The average Bonchev–Trinajstić information content (AvgIpc) is 2.29. The monoisotopic (exact) mass is 413 g/mol. The van der Waals surface area contributed by atoms with Crippen LogP contribution in [0.2, 0.25) is 13.1 Å². The van der Waals surface area contributed by atoms with Gasteiger partial charge in [-0.25, -0.2) is 5.57 Å². The van der Waals surface area contributed by atoms with Gasteiger partial charge < -0.3 is 5.73 Å². The zero-order valence-corrected chi connectivity index (χ0v) is 19.5. The van der Waals surface area contributed by atoms with Crippen molar-refractivity contribution in [2.24, 2.45) is 5.92 Å². The van der Waals surface area contributed by atoms with Gasteiger partial charge in [-0.05, 0) is 0 Å². The zero-order valence-electron chi connectivity index (χ0n) is 14.4. The molecule has 0 spiro atoms. The second-order valence-corrected chi connectivity index (χ2v) is 15.4. The fraction of sp³-hybridized carbons (Fsp3) is 0.733. The molecule has 0 saturated carbocycles. The molecule has 1 N–H and O–H groups in total. The number of nitrogens with one attached hydrogen (secondary N) is 1. The fourth-order valence-electron chi connectivity index (χ4n) is 1.16. The third-order valence-corrected chi connectivity index (χ3v) is 2.24. The van der Waals surface area contributed by atoms with Crippen molar-refractivity contribution >= 4 is 30.2 Å². The summed E-state index contributed by atoms with van der Waals surface area (Å²) in [6.07, 6.45) is 3.36. The summed E-state index contributed by atoms with van der Waals surface area (Å²) in [6.45, 7) is 18.8. The summed E-state index contributed by atoms with van der Waals surface area (Å²) in [5, 5.41) is 0. The maximum Gasteiger partial charge on any atom is -0.147 e. The summed E-state index contributed by atoms with van der Waals surface area (Å²) >= 11 is 1.74. The predicted octanol–water partition coefficient (Wildman–Crippen LogP) is 6.19. The van der Waals surface area contributed by atoms with Crippen molar-refractivity contribution in [1.82, 2.24) is 0 Å². The van der Waals surface area contributed by atoms with Crippen LogP contribution in [-0.2, 0) is 23.3 Å². The number of allylic oxidation sites excluding steroid dienone is 4. The summed E-state index contributed by atoms with van der Waals surface area (Å²) in [6, 6.07) is 0. The molecule has 0 aromatic carbocycles. The van der Waals surface area contributed by atoms with Crippen molar-refractivity contribution in [2.45, 2.75) is 67.1 Å². The van der Waals surface area contributed by atoms with E-state index in [1.54, 1.807) is 23.3 Å². The molecule has 1 nitrogen and oxygen atoms in total. The Labute approximate surface area is 154 Å². The molecule has 1 aliphatic rings. The van der Waals surface area contributed by atoms with Crippen LogP contribution in [0.25, 0.3) is 5.73 Å². The van der Waals surface area contributed by atoms with Crippen LogP contribution in [0.1, 0.15) is 48.5 Å². The average molecular weight is 416 g/mol. The standard InChI is InChI=1S/C9H13.C4H10N.C2H6Si.2ClH.Zr/c1-6-5-7(2)9(4)8(6)3;1-4(2,3)5;1-3-2;;;/h6H,1-4H3;5H,1-3H3;1-2H3;2*1H;/q2*-1;;;;+2. The molecule has 5 heteroatoms. The molecular weight excluding hydrogens is 384 g/mol. The Morgan fingerprint density at radius 1 is 1.10 bits per heavy atom. The van der Waals surface area contributed by atoms with Crippen LogP contribution in [0.4, 0.5) is 0 Å². The van der Waals surface area contributed by atoms with Gasteiger partial charge in [-0.1, -0.05) is 47.5 Å². The Kier molecular flexibility index (Phi) is 20.1. The summed E-state index contributed by atoms with van der Waals surface area (Å²) in [7, 11) is 0. The predicted molar refractivity (Wildman–Crippen MR) is 96.0 cm³/mol. The van der Waals surface area contributed by atoms with E-state index in [1.165, 1.54) is 16.7 Å². The molecule has 118 valence electrons. The Hall–Kier alpha value is 1.12. The molecule has 0 fully saturated rings. The summed E-state index contributed by atoms with van der Waals surface area (Å²) in [5.41, 5.74) is 11.1.